The largest absolute Gasteiger partial charge is 0.423 e. The maximum Gasteiger partial charge on any atom is 0.347 e. The number of anilines is 1. The molecule has 0 saturated heterocycles. The minimum Gasteiger partial charge on any atom is -0.423 e. The summed E-state index contributed by atoms with van der Waals surface area (Å²) < 4.78 is 12.3. The highest BCUT2D eigenvalue weighted by Crippen LogP contribution is 2.41. The van der Waals surface area contributed by atoms with E-state index in [9.17, 15) is 19.7 Å². The van der Waals surface area contributed by atoms with Crippen molar-refractivity contribution in [3.8, 4) is 27.4 Å². The number of thiazole rings is 1. The van der Waals surface area contributed by atoms with Crippen LogP contribution in [0.1, 0.15) is 17.3 Å². The van der Waals surface area contributed by atoms with Gasteiger partial charge < -0.3 is 14.5 Å². The average Bonchev–Trinajstić information content (AvgIpc) is 3.40. The maximum atomic E-state index is 13.6. The Labute approximate surface area is 236 Å². The molecule has 202 valence electrons. The molecule has 0 spiro atoms. The molecule has 0 aliphatic carbocycles. The number of nitrogens with zero attached hydrogens (tertiary/aromatic N) is 2. The van der Waals surface area contributed by atoms with Gasteiger partial charge in [0.15, 0.2) is 0 Å². The summed E-state index contributed by atoms with van der Waals surface area (Å²) in [4.78, 5) is 42.3. The number of benzene rings is 4. The van der Waals surface area contributed by atoms with Crippen LogP contribution < -0.4 is 15.7 Å². The number of nitro groups is 1. The number of nitrogens with one attached hydrogen (secondary N) is 1. The van der Waals surface area contributed by atoms with Gasteiger partial charge in [-0.3, -0.25) is 10.1 Å². The van der Waals surface area contributed by atoms with Crippen molar-refractivity contribution < 1.29 is 18.9 Å². The van der Waals surface area contributed by atoms with E-state index in [0.29, 0.717) is 33.6 Å². The van der Waals surface area contributed by atoms with Gasteiger partial charge in [-0.15, -0.1) is 11.3 Å². The molecule has 0 amide bonds. The molecule has 6 aromatic rings. The van der Waals surface area contributed by atoms with Crippen molar-refractivity contribution >= 4 is 49.9 Å². The van der Waals surface area contributed by atoms with Crippen molar-refractivity contribution in [2.75, 3.05) is 11.9 Å². The number of carbonyl (C=O) groups excluding carboxylic acids is 1. The first-order valence-corrected chi connectivity index (χ1v) is 13.5. The summed E-state index contributed by atoms with van der Waals surface area (Å²) in [5, 5.41) is 15.3. The highest BCUT2D eigenvalue weighted by Gasteiger charge is 2.25. The van der Waals surface area contributed by atoms with Crippen LogP contribution in [0.15, 0.2) is 100 Å². The molecule has 0 bridgehead atoms. The minimum atomic E-state index is -0.685. The summed E-state index contributed by atoms with van der Waals surface area (Å²) in [7, 11) is 0. The number of ether oxygens (including phenoxy) is 1. The standard InChI is InChI=1S/C31H21N3O6S/c1-2-32-18-11-16-23-25(17-18)40-31(36)28(29-33-24-9-5-6-10-26(24)41-29)27(23)21-7-3-4-8-22(21)30(35)39-20-14-12-19(13-15-20)34(37)38/h3-17,32H,2H2,1H3. The third kappa shape index (κ3) is 4.92. The lowest BCUT2D eigenvalue weighted by molar-refractivity contribution is -0.384. The number of hydrogen-bond acceptors (Lipinski definition) is 9. The second kappa shape index (κ2) is 10.7. The Kier molecular flexibility index (Phi) is 6.74. The Morgan fingerprint density at radius 2 is 1.76 bits per heavy atom. The first-order valence-electron chi connectivity index (χ1n) is 12.7. The smallest absolute Gasteiger partial charge is 0.347 e. The zero-order valence-electron chi connectivity index (χ0n) is 21.6. The Morgan fingerprint density at radius 3 is 2.51 bits per heavy atom. The number of fused-ring (bicyclic) bond motifs is 2. The number of hydrogen-bond donors (Lipinski definition) is 1. The summed E-state index contributed by atoms with van der Waals surface area (Å²) in [6.07, 6.45) is 0. The lowest BCUT2D eigenvalue weighted by Crippen LogP contribution is -2.12. The molecule has 4 aromatic carbocycles. The maximum absolute atomic E-state index is 13.6. The molecule has 2 aromatic heterocycles. The first kappa shape index (κ1) is 25.9. The van der Waals surface area contributed by atoms with Gasteiger partial charge in [0.05, 0.1) is 20.7 Å². The summed E-state index contributed by atoms with van der Waals surface area (Å²) in [6.45, 7) is 2.65. The molecule has 0 atom stereocenters. The number of rotatable bonds is 7. The van der Waals surface area contributed by atoms with Gasteiger partial charge in [-0.05, 0) is 55.0 Å². The molecule has 0 aliphatic rings. The molecule has 1 N–H and O–H groups in total. The van der Waals surface area contributed by atoms with Crippen LogP contribution in [0.25, 0.3) is 42.9 Å². The van der Waals surface area contributed by atoms with Crippen LogP contribution in [-0.2, 0) is 0 Å². The fourth-order valence-electron chi connectivity index (χ4n) is 4.65. The Balaban J connectivity index is 1.56. The molecule has 0 fully saturated rings. The normalized spacial score (nSPS) is 11.0. The van der Waals surface area contributed by atoms with E-state index in [-0.39, 0.29) is 22.6 Å². The zero-order chi connectivity index (χ0) is 28.5. The van der Waals surface area contributed by atoms with Crippen LogP contribution in [-0.4, -0.2) is 22.4 Å². The van der Waals surface area contributed by atoms with Crippen LogP contribution >= 0.6 is 11.3 Å². The van der Waals surface area contributed by atoms with E-state index < -0.39 is 16.5 Å². The van der Waals surface area contributed by atoms with Gasteiger partial charge in [0.2, 0.25) is 0 Å². The average molecular weight is 564 g/mol. The molecule has 10 heteroatoms. The third-order valence-electron chi connectivity index (χ3n) is 6.47. The molecular formula is C31H21N3O6S. The highest BCUT2D eigenvalue weighted by atomic mass is 32.1. The molecule has 0 saturated carbocycles. The molecule has 0 aliphatic heterocycles. The second-order valence-electron chi connectivity index (χ2n) is 9.05. The Bertz CT molecular complexity index is 1980. The first-order chi connectivity index (χ1) is 19.9. The Hall–Kier alpha value is -5.35. The van der Waals surface area contributed by atoms with Crippen LogP contribution in [0.3, 0.4) is 0 Å². The fourth-order valence-corrected chi connectivity index (χ4v) is 5.65. The second-order valence-corrected chi connectivity index (χ2v) is 10.1. The molecule has 0 radical (unpaired) electrons. The number of nitro benzene ring substituents is 1. The van der Waals surface area contributed by atoms with Crippen LogP contribution in [0, 0.1) is 10.1 Å². The third-order valence-corrected chi connectivity index (χ3v) is 7.52. The zero-order valence-corrected chi connectivity index (χ0v) is 22.4. The Morgan fingerprint density at radius 1 is 1.00 bits per heavy atom. The molecule has 41 heavy (non-hydrogen) atoms. The van der Waals surface area contributed by atoms with Gasteiger partial charge in [-0.1, -0.05) is 30.3 Å². The lowest BCUT2D eigenvalue weighted by atomic mass is 9.93. The topological polar surface area (TPSA) is 125 Å². The van der Waals surface area contributed by atoms with Gasteiger partial charge >= 0.3 is 11.6 Å². The van der Waals surface area contributed by atoms with Gasteiger partial charge in [-0.25, -0.2) is 14.6 Å². The lowest BCUT2D eigenvalue weighted by Gasteiger charge is -2.15. The van der Waals surface area contributed by atoms with Gasteiger partial charge in [-0.2, -0.15) is 0 Å². The van der Waals surface area contributed by atoms with Gasteiger partial charge in [0.1, 0.15) is 21.9 Å². The quantitative estimate of drug-likeness (QED) is 0.0705. The minimum absolute atomic E-state index is 0.120. The number of non-ortho nitro benzene ring substituents is 1. The summed E-state index contributed by atoms with van der Waals surface area (Å²) >= 11 is 1.36. The molecular weight excluding hydrogens is 542 g/mol. The van der Waals surface area contributed by atoms with E-state index in [1.165, 1.54) is 35.6 Å². The van der Waals surface area contributed by atoms with E-state index >= 15 is 0 Å². The van der Waals surface area contributed by atoms with Crippen molar-refractivity contribution in [1.29, 1.82) is 0 Å². The van der Waals surface area contributed by atoms with E-state index in [2.05, 4.69) is 5.32 Å². The van der Waals surface area contributed by atoms with Gasteiger partial charge in [0, 0.05) is 41.4 Å². The van der Waals surface area contributed by atoms with Crippen molar-refractivity contribution in [2.45, 2.75) is 6.92 Å². The summed E-state index contributed by atoms with van der Waals surface area (Å²) in [6, 6.07) is 25.1. The molecule has 9 nitrogen and oxygen atoms in total. The number of para-hydroxylation sites is 1. The van der Waals surface area contributed by atoms with Crippen molar-refractivity contribution in [2.24, 2.45) is 0 Å². The summed E-state index contributed by atoms with van der Waals surface area (Å²) in [5.74, 6) is -0.537. The highest BCUT2D eigenvalue weighted by molar-refractivity contribution is 7.21. The number of carbonyl (C=O) groups is 1. The summed E-state index contributed by atoms with van der Waals surface area (Å²) in [5.41, 5.74) is 2.58. The van der Waals surface area contributed by atoms with E-state index in [4.69, 9.17) is 14.1 Å². The molecule has 6 rings (SSSR count). The molecule has 2 heterocycles. The van der Waals surface area contributed by atoms with Crippen molar-refractivity contribution in [3.63, 3.8) is 0 Å². The predicted molar refractivity (Wildman–Crippen MR) is 159 cm³/mol. The van der Waals surface area contributed by atoms with Gasteiger partial charge in [0.25, 0.3) is 5.69 Å². The van der Waals surface area contributed by atoms with E-state index in [0.717, 1.165) is 15.9 Å². The fraction of sp³-hybridized carbons (Fsp3) is 0.0645. The monoisotopic (exact) mass is 563 g/mol. The van der Waals surface area contributed by atoms with E-state index in [1.807, 2.05) is 43.3 Å². The SMILES string of the molecule is CCNc1ccc2c(-c3ccccc3C(=O)Oc3ccc([N+](=O)[O-])cc3)c(-c3nc4ccccc4s3)c(=O)oc2c1. The van der Waals surface area contributed by atoms with E-state index in [1.54, 1.807) is 30.3 Å². The van der Waals surface area contributed by atoms with Crippen LogP contribution in [0.4, 0.5) is 11.4 Å². The van der Waals surface area contributed by atoms with Crippen molar-refractivity contribution in [3.05, 3.63) is 117 Å². The molecule has 0 unspecified atom stereocenters. The van der Waals surface area contributed by atoms with Crippen molar-refractivity contribution in [1.82, 2.24) is 4.98 Å². The number of aromatic nitrogens is 1. The van der Waals surface area contributed by atoms with Crippen LogP contribution in [0.2, 0.25) is 0 Å². The van der Waals surface area contributed by atoms with Crippen LogP contribution in [0.5, 0.6) is 5.75 Å². The predicted octanol–water partition coefficient (Wildman–Crippen LogP) is 7.30. The number of esters is 1.